The van der Waals surface area contributed by atoms with E-state index < -0.39 is 0 Å². The smallest absolute Gasteiger partial charge is 0.254 e. The molecule has 1 aliphatic rings. The molecule has 7 heteroatoms. The molecule has 1 fully saturated rings. The number of aromatic nitrogens is 3. The van der Waals surface area contributed by atoms with Crippen LogP contribution in [0.1, 0.15) is 22.2 Å². The second-order valence-electron chi connectivity index (χ2n) is 8.70. The van der Waals surface area contributed by atoms with Crippen molar-refractivity contribution in [3.63, 3.8) is 0 Å². The maximum absolute atomic E-state index is 13.8. The largest absolute Gasteiger partial charge is 0.352 e. The topological polar surface area (TPSA) is 62.2 Å². The van der Waals surface area contributed by atoms with E-state index in [4.69, 9.17) is 4.98 Å². The first-order chi connectivity index (χ1) is 17.2. The van der Waals surface area contributed by atoms with Crippen LogP contribution in [-0.4, -0.2) is 51.9 Å². The number of para-hydroxylation sites is 1. The van der Waals surface area contributed by atoms with Crippen LogP contribution in [-0.2, 0) is 6.42 Å². The minimum Gasteiger partial charge on any atom is -0.352 e. The van der Waals surface area contributed by atoms with Crippen LogP contribution < -0.4 is 4.90 Å². The number of rotatable bonds is 4. The van der Waals surface area contributed by atoms with Gasteiger partial charge in [0.25, 0.3) is 5.91 Å². The van der Waals surface area contributed by atoms with Crippen LogP contribution in [0, 0.1) is 0 Å². The van der Waals surface area contributed by atoms with Crippen LogP contribution in [0.4, 0.5) is 5.82 Å². The minimum atomic E-state index is 0.0528. The lowest BCUT2D eigenvalue weighted by Crippen LogP contribution is -2.49. The monoisotopic (exact) mass is 479 g/mol. The second-order valence-corrected chi connectivity index (χ2v) is 9.82. The van der Waals surface area contributed by atoms with Gasteiger partial charge in [-0.1, -0.05) is 55.5 Å². The molecule has 1 amide bonds. The van der Waals surface area contributed by atoms with Crippen molar-refractivity contribution in [1.82, 2.24) is 19.9 Å². The van der Waals surface area contributed by atoms with E-state index in [-0.39, 0.29) is 5.91 Å². The Hall–Kier alpha value is -3.84. The van der Waals surface area contributed by atoms with Gasteiger partial charge in [-0.3, -0.25) is 4.79 Å². The van der Waals surface area contributed by atoms with E-state index in [1.807, 2.05) is 65.6 Å². The number of thiophene rings is 1. The molecule has 1 aliphatic heterocycles. The lowest BCUT2D eigenvalue weighted by atomic mass is 10.0. The molecule has 1 saturated heterocycles. The highest BCUT2D eigenvalue weighted by Crippen LogP contribution is 2.31. The van der Waals surface area contributed by atoms with Crippen molar-refractivity contribution in [2.45, 2.75) is 13.3 Å². The molecular formula is C28H25N5OS. The lowest BCUT2D eigenvalue weighted by molar-refractivity contribution is 0.0748. The summed E-state index contributed by atoms with van der Waals surface area (Å²) in [6.07, 6.45) is 2.65. The zero-order chi connectivity index (χ0) is 23.8. The molecule has 4 heterocycles. The molecule has 2 aromatic carbocycles. The Kier molecular flexibility index (Phi) is 5.62. The highest BCUT2D eigenvalue weighted by atomic mass is 32.1. The Morgan fingerprint density at radius 2 is 1.69 bits per heavy atom. The number of hydrogen-bond acceptors (Lipinski definition) is 6. The van der Waals surface area contributed by atoms with E-state index in [1.165, 1.54) is 4.88 Å². The summed E-state index contributed by atoms with van der Waals surface area (Å²) in [6.45, 7) is 4.93. The zero-order valence-corrected chi connectivity index (χ0v) is 20.3. The van der Waals surface area contributed by atoms with Crippen molar-refractivity contribution in [2.24, 2.45) is 0 Å². The van der Waals surface area contributed by atoms with Crippen molar-refractivity contribution >= 4 is 44.2 Å². The normalized spacial score (nSPS) is 14.1. The van der Waals surface area contributed by atoms with E-state index in [0.717, 1.165) is 57.7 Å². The molecule has 5 aromatic rings. The fraction of sp³-hybridized carbons (Fsp3) is 0.214. The first kappa shape index (κ1) is 21.7. The number of pyridine rings is 1. The summed E-state index contributed by atoms with van der Waals surface area (Å²) in [7, 11) is 0. The summed E-state index contributed by atoms with van der Waals surface area (Å²) < 4.78 is 0. The third kappa shape index (κ3) is 4.02. The van der Waals surface area contributed by atoms with Crippen molar-refractivity contribution in [3.05, 3.63) is 83.5 Å². The molecule has 0 bridgehead atoms. The predicted molar refractivity (Wildman–Crippen MR) is 142 cm³/mol. The molecule has 0 saturated carbocycles. The van der Waals surface area contributed by atoms with Gasteiger partial charge in [-0.15, -0.1) is 11.3 Å². The van der Waals surface area contributed by atoms with Crippen LogP contribution >= 0.6 is 11.3 Å². The van der Waals surface area contributed by atoms with Crippen LogP contribution in [0.3, 0.4) is 0 Å². The minimum absolute atomic E-state index is 0.0528. The Bertz CT molecular complexity index is 1520. The molecule has 35 heavy (non-hydrogen) atoms. The summed E-state index contributed by atoms with van der Waals surface area (Å²) in [4.78, 5) is 34.2. The molecule has 0 aliphatic carbocycles. The van der Waals surface area contributed by atoms with Crippen LogP contribution in [0.5, 0.6) is 0 Å². The van der Waals surface area contributed by atoms with Gasteiger partial charge in [0.05, 0.1) is 22.2 Å². The van der Waals surface area contributed by atoms with Crippen LogP contribution in [0.2, 0.25) is 0 Å². The molecule has 3 aromatic heterocycles. The predicted octanol–water partition coefficient (Wildman–Crippen LogP) is 5.43. The molecule has 174 valence electrons. The number of amides is 1. The number of carbonyl (C=O) groups is 1. The molecule has 0 N–H and O–H groups in total. The number of nitrogens with zero attached hydrogens (tertiary/aromatic N) is 5. The number of carbonyl (C=O) groups excluding carboxylic acids is 1. The summed E-state index contributed by atoms with van der Waals surface area (Å²) in [5.74, 6) is 1.02. The molecule has 6 rings (SSSR count). The lowest BCUT2D eigenvalue weighted by Gasteiger charge is -2.35. The van der Waals surface area contributed by atoms with Crippen molar-refractivity contribution in [2.75, 3.05) is 31.1 Å². The van der Waals surface area contributed by atoms with E-state index in [2.05, 4.69) is 27.9 Å². The highest BCUT2D eigenvalue weighted by Gasteiger charge is 2.26. The third-order valence-corrected chi connectivity index (χ3v) is 7.78. The molecule has 0 spiro atoms. The summed E-state index contributed by atoms with van der Waals surface area (Å²) in [6, 6.07) is 22.1. The summed E-state index contributed by atoms with van der Waals surface area (Å²) in [5, 5.41) is 2.00. The van der Waals surface area contributed by atoms with Gasteiger partial charge in [0.2, 0.25) is 0 Å². The number of fused-ring (bicyclic) bond motifs is 2. The highest BCUT2D eigenvalue weighted by molar-refractivity contribution is 7.18. The Morgan fingerprint density at radius 3 is 2.49 bits per heavy atom. The van der Waals surface area contributed by atoms with E-state index in [0.29, 0.717) is 18.7 Å². The number of piperazine rings is 1. The Morgan fingerprint density at radius 1 is 0.914 bits per heavy atom. The SMILES string of the molecule is CCc1cc2c(N3CCN(C(=O)c4cc(-c5ccccc5)nc5ccccc45)CC3)ncnc2s1. The standard InChI is InChI=1S/C28H25N5OS/c1-2-20-16-23-26(29-18-30-27(23)35-20)32-12-14-33(15-13-32)28(34)22-17-25(19-8-4-3-5-9-19)31-24-11-7-6-10-21(22)24/h3-11,16-18H,2,12-15H2,1H3. The fourth-order valence-corrected chi connectivity index (χ4v) is 5.65. The number of anilines is 1. The fourth-order valence-electron chi connectivity index (χ4n) is 4.72. The maximum Gasteiger partial charge on any atom is 0.254 e. The van der Waals surface area contributed by atoms with Gasteiger partial charge in [0.15, 0.2) is 0 Å². The van der Waals surface area contributed by atoms with E-state index >= 15 is 0 Å². The molecule has 0 unspecified atom stereocenters. The van der Waals surface area contributed by atoms with Gasteiger partial charge >= 0.3 is 0 Å². The summed E-state index contributed by atoms with van der Waals surface area (Å²) in [5.41, 5.74) is 3.37. The van der Waals surface area contributed by atoms with Gasteiger partial charge in [0.1, 0.15) is 17.0 Å². The first-order valence-electron chi connectivity index (χ1n) is 11.9. The quantitative estimate of drug-likeness (QED) is 0.344. The van der Waals surface area contributed by atoms with Crippen molar-refractivity contribution in [3.8, 4) is 11.3 Å². The van der Waals surface area contributed by atoms with Gasteiger partial charge in [-0.2, -0.15) is 0 Å². The number of aryl methyl sites for hydroxylation is 1. The molecular weight excluding hydrogens is 454 g/mol. The second kappa shape index (κ2) is 9.07. The average Bonchev–Trinajstić information content (AvgIpc) is 3.36. The van der Waals surface area contributed by atoms with Crippen molar-refractivity contribution in [1.29, 1.82) is 0 Å². The Labute approximate surface area is 207 Å². The number of hydrogen-bond donors (Lipinski definition) is 0. The van der Waals surface area contributed by atoms with Crippen LogP contribution in [0.25, 0.3) is 32.4 Å². The summed E-state index contributed by atoms with van der Waals surface area (Å²) >= 11 is 1.73. The third-order valence-electron chi connectivity index (χ3n) is 6.59. The van der Waals surface area contributed by atoms with Gasteiger partial charge in [0, 0.05) is 42.0 Å². The van der Waals surface area contributed by atoms with Gasteiger partial charge in [-0.05, 0) is 24.6 Å². The number of benzene rings is 2. The molecule has 6 nitrogen and oxygen atoms in total. The molecule has 0 atom stereocenters. The first-order valence-corrected chi connectivity index (χ1v) is 12.8. The maximum atomic E-state index is 13.8. The Balaban J connectivity index is 1.28. The van der Waals surface area contributed by atoms with Crippen LogP contribution in [0.15, 0.2) is 73.1 Å². The van der Waals surface area contributed by atoms with E-state index in [9.17, 15) is 4.79 Å². The molecule has 0 radical (unpaired) electrons. The average molecular weight is 480 g/mol. The zero-order valence-electron chi connectivity index (χ0n) is 19.5. The van der Waals surface area contributed by atoms with Crippen molar-refractivity contribution < 1.29 is 4.79 Å². The van der Waals surface area contributed by atoms with Gasteiger partial charge < -0.3 is 9.80 Å². The van der Waals surface area contributed by atoms with Gasteiger partial charge in [-0.25, -0.2) is 15.0 Å². The van der Waals surface area contributed by atoms with E-state index in [1.54, 1.807) is 17.7 Å².